The van der Waals surface area contributed by atoms with Crippen LogP contribution in [0, 0.1) is 5.82 Å². The lowest BCUT2D eigenvalue weighted by atomic mass is 10.2. The van der Waals surface area contributed by atoms with Gasteiger partial charge in [-0.15, -0.1) is 11.3 Å². The van der Waals surface area contributed by atoms with E-state index in [1.807, 2.05) is 6.92 Å². The van der Waals surface area contributed by atoms with Crippen LogP contribution in [0.3, 0.4) is 0 Å². The van der Waals surface area contributed by atoms with E-state index in [1.165, 1.54) is 23.5 Å². The summed E-state index contributed by atoms with van der Waals surface area (Å²) in [6.07, 6.45) is 1.77. The van der Waals surface area contributed by atoms with E-state index in [2.05, 4.69) is 10.3 Å². The fourth-order valence-corrected chi connectivity index (χ4v) is 2.15. The Morgan fingerprint density at radius 3 is 3.00 bits per heavy atom. The second kappa shape index (κ2) is 4.80. The largest absolute Gasteiger partial charge is 0.375 e. The molecule has 0 spiro atoms. The van der Waals surface area contributed by atoms with Crippen LogP contribution in [0.15, 0.2) is 29.9 Å². The van der Waals surface area contributed by atoms with Crippen molar-refractivity contribution in [2.45, 2.75) is 13.0 Å². The molecule has 1 aromatic heterocycles. The number of thiazole rings is 1. The quantitative estimate of drug-likeness (QED) is 0.894. The number of nitrogens with zero attached hydrogens (tertiary/aromatic N) is 1. The van der Waals surface area contributed by atoms with Crippen LogP contribution in [-0.2, 0) is 0 Å². The standard InChI is InChI=1S/C11H10ClFN2S/c1-7(11-5-14-6-16-11)15-10-4-8(12)2-3-9(10)13/h2-7,15H,1H3. The number of nitrogens with one attached hydrogen (secondary N) is 1. The number of hydrogen-bond donors (Lipinski definition) is 1. The second-order valence-electron chi connectivity index (χ2n) is 3.39. The molecule has 0 saturated carbocycles. The molecule has 0 amide bonds. The van der Waals surface area contributed by atoms with Gasteiger partial charge in [-0.05, 0) is 25.1 Å². The average Bonchev–Trinajstić information content (AvgIpc) is 2.76. The summed E-state index contributed by atoms with van der Waals surface area (Å²) >= 11 is 7.34. The van der Waals surface area contributed by atoms with Crippen LogP contribution in [0.25, 0.3) is 0 Å². The molecule has 5 heteroatoms. The molecule has 0 radical (unpaired) electrons. The highest BCUT2D eigenvalue weighted by Crippen LogP contribution is 2.25. The van der Waals surface area contributed by atoms with Crippen LogP contribution in [-0.4, -0.2) is 4.98 Å². The summed E-state index contributed by atoms with van der Waals surface area (Å²) in [7, 11) is 0. The lowest BCUT2D eigenvalue weighted by molar-refractivity contribution is 0.628. The van der Waals surface area contributed by atoms with E-state index in [9.17, 15) is 4.39 Å². The van der Waals surface area contributed by atoms with Gasteiger partial charge in [-0.2, -0.15) is 0 Å². The Morgan fingerprint density at radius 1 is 1.50 bits per heavy atom. The van der Waals surface area contributed by atoms with E-state index < -0.39 is 0 Å². The second-order valence-corrected chi connectivity index (χ2v) is 4.75. The van der Waals surface area contributed by atoms with Crippen LogP contribution in [0.4, 0.5) is 10.1 Å². The summed E-state index contributed by atoms with van der Waals surface area (Å²) in [4.78, 5) is 5.04. The maximum absolute atomic E-state index is 13.4. The molecule has 0 bridgehead atoms. The first-order valence-corrected chi connectivity index (χ1v) is 6.02. The summed E-state index contributed by atoms with van der Waals surface area (Å²) in [6.45, 7) is 1.95. The van der Waals surface area contributed by atoms with E-state index in [4.69, 9.17) is 11.6 Å². The number of hydrogen-bond acceptors (Lipinski definition) is 3. The molecule has 84 valence electrons. The fraction of sp³-hybridized carbons (Fsp3) is 0.182. The van der Waals surface area contributed by atoms with Crippen molar-refractivity contribution in [2.24, 2.45) is 0 Å². The third kappa shape index (κ3) is 2.51. The summed E-state index contributed by atoms with van der Waals surface area (Å²) in [5, 5.41) is 3.58. The first-order valence-electron chi connectivity index (χ1n) is 4.77. The predicted octanol–water partition coefficient (Wildman–Crippen LogP) is 4.11. The third-order valence-electron chi connectivity index (χ3n) is 2.18. The molecule has 1 aromatic carbocycles. The number of benzene rings is 1. The molecule has 1 unspecified atom stereocenters. The monoisotopic (exact) mass is 256 g/mol. The summed E-state index contributed by atoms with van der Waals surface area (Å²) in [6, 6.07) is 4.47. The Kier molecular flexibility index (Phi) is 3.41. The SMILES string of the molecule is CC(Nc1cc(Cl)ccc1F)c1cncs1. The maximum atomic E-state index is 13.4. The fourth-order valence-electron chi connectivity index (χ4n) is 1.35. The lowest BCUT2D eigenvalue weighted by Crippen LogP contribution is -2.06. The van der Waals surface area contributed by atoms with E-state index in [-0.39, 0.29) is 11.9 Å². The minimum Gasteiger partial charge on any atom is -0.375 e. The Morgan fingerprint density at radius 2 is 2.31 bits per heavy atom. The van der Waals surface area contributed by atoms with Gasteiger partial charge in [0.05, 0.1) is 17.2 Å². The van der Waals surface area contributed by atoms with E-state index in [1.54, 1.807) is 17.8 Å². The predicted molar refractivity (Wildman–Crippen MR) is 65.6 cm³/mol. The van der Waals surface area contributed by atoms with Gasteiger partial charge in [-0.3, -0.25) is 4.98 Å². The molecular weight excluding hydrogens is 247 g/mol. The normalized spacial score (nSPS) is 12.4. The summed E-state index contributed by atoms with van der Waals surface area (Å²) in [5.41, 5.74) is 2.16. The molecule has 0 aliphatic carbocycles. The van der Waals surface area contributed by atoms with Gasteiger partial charge in [-0.25, -0.2) is 4.39 Å². The highest BCUT2D eigenvalue weighted by atomic mass is 35.5. The van der Waals surface area contributed by atoms with Crippen molar-refractivity contribution in [2.75, 3.05) is 5.32 Å². The molecule has 16 heavy (non-hydrogen) atoms. The lowest BCUT2D eigenvalue weighted by Gasteiger charge is -2.14. The molecule has 0 saturated heterocycles. The Balaban J connectivity index is 2.17. The van der Waals surface area contributed by atoms with Crippen molar-refractivity contribution < 1.29 is 4.39 Å². The van der Waals surface area contributed by atoms with E-state index in [0.29, 0.717) is 10.7 Å². The number of halogens is 2. The molecule has 1 heterocycles. The zero-order chi connectivity index (χ0) is 11.5. The van der Waals surface area contributed by atoms with Crippen LogP contribution in [0.5, 0.6) is 0 Å². The third-order valence-corrected chi connectivity index (χ3v) is 3.37. The molecule has 1 atom stereocenters. The van der Waals surface area contributed by atoms with Crippen molar-refractivity contribution >= 4 is 28.6 Å². The summed E-state index contributed by atoms with van der Waals surface area (Å²) < 4.78 is 13.4. The zero-order valence-corrected chi connectivity index (χ0v) is 10.1. The minimum atomic E-state index is -0.305. The Bertz CT molecular complexity index is 473. The zero-order valence-electron chi connectivity index (χ0n) is 8.58. The van der Waals surface area contributed by atoms with Gasteiger partial charge < -0.3 is 5.32 Å². The van der Waals surface area contributed by atoms with Gasteiger partial charge >= 0.3 is 0 Å². The van der Waals surface area contributed by atoms with E-state index in [0.717, 1.165) is 4.88 Å². The first-order chi connectivity index (χ1) is 7.66. The maximum Gasteiger partial charge on any atom is 0.146 e. The summed E-state index contributed by atoms with van der Waals surface area (Å²) in [5.74, 6) is -0.305. The van der Waals surface area contributed by atoms with Crippen molar-refractivity contribution in [3.05, 3.63) is 45.6 Å². The molecule has 2 nitrogen and oxygen atoms in total. The molecule has 2 aromatic rings. The van der Waals surface area contributed by atoms with Gasteiger partial charge in [0.1, 0.15) is 5.82 Å². The van der Waals surface area contributed by atoms with Gasteiger partial charge in [0, 0.05) is 16.1 Å². The average molecular weight is 257 g/mol. The van der Waals surface area contributed by atoms with Crippen LogP contribution < -0.4 is 5.32 Å². The van der Waals surface area contributed by atoms with Crippen molar-refractivity contribution in [1.82, 2.24) is 4.98 Å². The van der Waals surface area contributed by atoms with Gasteiger partial charge in [0.25, 0.3) is 0 Å². The van der Waals surface area contributed by atoms with Crippen molar-refractivity contribution in [3.63, 3.8) is 0 Å². The van der Waals surface area contributed by atoms with Gasteiger partial charge in [-0.1, -0.05) is 11.6 Å². The smallest absolute Gasteiger partial charge is 0.146 e. The minimum absolute atomic E-state index is 0.0143. The highest BCUT2D eigenvalue weighted by molar-refractivity contribution is 7.09. The van der Waals surface area contributed by atoms with Crippen molar-refractivity contribution in [1.29, 1.82) is 0 Å². The van der Waals surface area contributed by atoms with Gasteiger partial charge in [0.15, 0.2) is 0 Å². The van der Waals surface area contributed by atoms with Crippen LogP contribution in [0.2, 0.25) is 5.02 Å². The Hall–Kier alpha value is -1.13. The number of anilines is 1. The number of rotatable bonds is 3. The molecule has 0 aliphatic rings. The van der Waals surface area contributed by atoms with Crippen molar-refractivity contribution in [3.8, 4) is 0 Å². The Labute approximate surface area is 102 Å². The number of aromatic nitrogens is 1. The molecule has 1 N–H and O–H groups in total. The molecule has 0 aliphatic heterocycles. The molecule has 2 rings (SSSR count). The topological polar surface area (TPSA) is 24.9 Å². The van der Waals surface area contributed by atoms with Gasteiger partial charge in [0.2, 0.25) is 0 Å². The van der Waals surface area contributed by atoms with E-state index >= 15 is 0 Å². The van der Waals surface area contributed by atoms with Crippen LogP contribution >= 0.6 is 22.9 Å². The first kappa shape index (κ1) is 11.4. The molecule has 0 fully saturated rings. The molecular formula is C11H10ClFN2S. The highest BCUT2D eigenvalue weighted by Gasteiger charge is 2.10. The van der Waals surface area contributed by atoms with Crippen LogP contribution in [0.1, 0.15) is 17.8 Å².